The molecule has 1 aliphatic heterocycles. The van der Waals surface area contributed by atoms with Gasteiger partial charge in [0.05, 0.1) is 6.54 Å². The molecule has 1 fully saturated rings. The molecule has 0 atom stereocenters. The second kappa shape index (κ2) is 10.1. The van der Waals surface area contributed by atoms with Crippen molar-refractivity contribution >= 4 is 11.6 Å². The van der Waals surface area contributed by atoms with Gasteiger partial charge in [-0.3, -0.25) is 9.69 Å². The van der Waals surface area contributed by atoms with Crippen LogP contribution in [-0.2, 0) is 16.8 Å². The predicted octanol–water partition coefficient (Wildman–Crippen LogP) is 6.01. The molecule has 180 valence electrons. The van der Waals surface area contributed by atoms with Crippen LogP contribution in [0, 0.1) is 5.92 Å². The number of aromatic nitrogens is 2. The Morgan fingerprint density at radius 3 is 2.29 bits per heavy atom. The third kappa shape index (κ3) is 5.92. The summed E-state index contributed by atoms with van der Waals surface area (Å²) in [6.45, 7) is 13.2. The van der Waals surface area contributed by atoms with Crippen LogP contribution in [0.5, 0.6) is 0 Å². The number of hydrogen-bond acceptors (Lipinski definition) is 5. The Morgan fingerprint density at radius 1 is 1.06 bits per heavy atom. The van der Waals surface area contributed by atoms with E-state index in [4.69, 9.17) is 4.52 Å². The van der Waals surface area contributed by atoms with E-state index in [9.17, 15) is 4.79 Å². The number of carbonyl (C=O) groups excluding carboxylic acids is 1. The lowest BCUT2D eigenvalue weighted by atomic mass is 9.87. The lowest BCUT2D eigenvalue weighted by Crippen LogP contribution is -2.37. The van der Waals surface area contributed by atoms with Gasteiger partial charge in [0, 0.05) is 17.2 Å². The van der Waals surface area contributed by atoms with Crippen LogP contribution in [0.15, 0.2) is 53.1 Å². The zero-order valence-corrected chi connectivity index (χ0v) is 21.0. The van der Waals surface area contributed by atoms with Gasteiger partial charge in [-0.05, 0) is 60.5 Å². The van der Waals surface area contributed by atoms with Gasteiger partial charge in [0.2, 0.25) is 17.6 Å². The maximum absolute atomic E-state index is 12.7. The third-order valence-corrected chi connectivity index (χ3v) is 6.64. The summed E-state index contributed by atoms with van der Waals surface area (Å²) in [7, 11) is 0. The average Bonchev–Trinajstić information content (AvgIpc) is 3.28. The monoisotopic (exact) mass is 460 g/mol. The maximum Gasteiger partial charge on any atom is 0.241 e. The highest BCUT2D eigenvalue weighted by Crippen LogP contribution is 2.26. The molecule has 1 saturated heterocycles. The number of anilines is 1. The second-order valence-electron chi connectivity index (χ2n) is 10.7. The maximum atomic E-state index is 12.7. The van der Waals surface area contributed by atoms with Crippen molar-refractivity contribution in [3.05, 3.63) is 65.5 Å². The first-order valence-electron chi connectivity index (χ1n) is 12.3. The molecule has 1 amide bonds. The van der Waals surface area contributed by atoms with Crippen LogP contribution in [0.25, 0.3) is 11.4 Å². The van der Waals surface area contributed by atoms with Gasteiger partial charge in [-0.2, -0.15) is 4.98 Å². The predicted molar refractivity (Wildman–Crippen MR) is 136 cm³/mol. The molecule has 6 heteroatoms. The summed E-state index contributed by atoms with van der Waals surface area (Å²) in [6, 6.07) is 16.5. The highest BCUT2D eigenvalue weighted by molar-refractivity contribution is 5.92. The highest BCUT2D eigenvalue weighted by atomic mass is 16.5. The van der Waals surface area contributed by atoms with Crippen LogP contribution in [0.4, 0.5) is 5.69 Å². The van der Waals surface area contributed by atoms with Crippen molar-refractivity contribution in [2.24, 2.45) is 5.92 Å². The van der Waals surface area contributed by atoms with Crippen molar-refractivity contribution in [3.63, 3.8) is 0 Å². The molecule has 0 saturated carbocycles. The summed E-state index contributed by atoms with van der Waals surface area (Å²) in [5.41, 5.74) is 4.49. The van der Waals surface area contributed by atoms with E-state index in [1.54, 1.807) is 0 Å². The van der Waals surface area contributed by atoms with E-state index in [0.717, 1.165) is 37.2 Å². The molecule has 1 N–H and O–H groups in total. The lowest BCUT2D eigenvalue weighted by Gasteiger charge is -2.30. The van der Waals surface area contributed by atoms with Crippen molar-refractivity contribution in [2.75, 3.05) is 18.4 Å². The van der Waals surface area contributed by atoms with Gasteiger partial charge in [-0.15, -0.1) is 0 Å². The first-order chi connectivity index (χ1) is 16.2. The van der Waals surface area contributed by atoms with Crippen LogP contribution >= 0.6 is 0 Å². The van der Waals surface area contributed by atoms with E-state index in [-0.39, 0.29) is 17.2 Å². The van der Waals surface area contributed by atoms with E-state index in [0.29, 0.717) is 24.2 Å². The number of nitrogens with one attached hydrogen (secondary N) is 1. The first-order valence-corrected chi connectivity index (χ1v) is 12.3. The van der Waals surface area contributed by atoms with Crippen LogP contribution in [0.1, 0.15) is 70.4 Å². The standard InChI is InChI=1S/C28H36N4O2/c1-19(2)20-8-12-24(13-9-20)29-27(33)22-14-16-32(17-15-22)18-25-30-26(31-34-25)21-6-10-23(11-7-21)28(3,4)5/h6-13,19,22H,14-18H2,1-5H3,(H,29,33). The number of piperidine rings is 1. The molecule has 2 heterocycles. The van der Waals surface area contributed by atoms with Gasteiger partial charge in [-0.25, -0.2) is 0 Å². The van der Waals surface area contributed by atoms with Gasteiger partial charge in [0.15, 0.2) is 0 Å². The van der Waals surface area contributed by atoms with Gasteiger partial charge in [-0.1, -0.05) is 76.2 Å². The fourth-order valence-corrected chi connectivity index (χ4v) is 4.30. The molecule has 1 aliphatic rings. The third-order valence-electron chi connectivity index (χ3n) is 6.64. The number of likely N-dealkylation sites (tertiary alicyclic amines) is 1. The Morgan fingerprint density at radius 2 is 1.71 bits per heavy atom. The minimum atomic E-state index is 0.0283. The Bertz CT molecular complexity index is 1090. The van der Waals surface area contributed by atoms with E-state index in [2.05, 4.69) is 91.4 Å². The van der Waals surface area contributed by atoms with E-state index < -0.39 is 0 Å². The highest BCUT2D eigenvalue weighted by Gasteiger charge is 2.26. The lowest BCUT2D eigenvalue weighted by molar-refractivity contribution is -0.121. The molecular formula is C28H36N4O2. The van der Waals surface area contributed by atoms with E-state index in [1.807, 2.05) is 12.1 Å². The fourth-order valence-electron chi connectivity index (χ4n) is 4.30. The molecule has 0 unspecified atom stereocenters. The number of rotatable bonds is 6. The van der Waals surface area contributed by atoms with Crippen molar-refractivity contribution in [3.8, 4) is 11.4 Å². The van der Waals surface area contributed by atoms with Crippen LogP contribution in [-0.4, -0.2) is 34.0 Å². The Balaban J connectivity index is 1.27. The topological polar surface area (TPSA) is 71.3 Å². The summed E-state index contributed by atoms with van der Waals surface area (Å²) in [6.07, 6.45) is 1.65. The minimum absolute atomic E-state index is 0.0283. The molecular weight excluding hydrogens is 424 g/mol. The Kier molecular flexibility index (Phi) is 7.17. The zero-order valence-electron chi connectivity index (χ0n) is 21.0. The zero-order chi connectivity index (χ0) is 24.3. The average molecular weight is 461 g/mol. The summed E-state index contributed by atoms with van der Waals surface area (Å²) in [4.78, 5) is 19.6. The number of nitrogens with zero attached hydrogens (tertiary/aromatic N) is 3. The Hall–Kier alpha value is -2.99. The molecule has 0 bridgehead atoms. The molecule has 3 aromatic rings. The summed E-state index contributed by atoms with van der Waals surface area (Å²) >= 11 is 0. The molecule has 34 heavy (non-hydrogen) atoms. The molecule has 1 aromatic heterocycles. The number of hydrogen-bond donors (Lipinski definition) is 1. The summed E-state index contributed by atoms with van der Waals surface area (Å²) in [5, 5.41) is 7.25. The van der Waals surface area contributed by atoms with Crippen LogP contribution < -0.4 is 5.32 Å². The molecule has 0 radical (unpaired) electrons. The molecule has 4 rings (SSSR count). The minimum Gasteiger partial charge on any atom is -0.338 e. The quantitative estimate of drug-likeness (QED) is 0.488. The molecule has 0 spiro atoms. The number of benzene rings is 2. The van der Waals surface area contributed by atoms with Gasteiger partial charge in [0.25, 0.3) is 0 Å². The van der Waals surface area contributed by atoms with Gasteiger partial charge in [0.1, 0.15) is 0 Å². The van der Waals surface area contributed by atoms with E-state index >= 15 is 0 Å². The van der Waals surface area contributed by atoms with Gasteiger partial charge >= 0.3 is 0 Å². The largest absolute Gasteiger partial charge is 0.338 e. The smallest absolute Gasteiger partial charge is 0.241 e. The van der Waals surface area contributed by atoms with Crippen molar-refractivity contribution in [1.82, 2.24) is 15.0 Å². The normalized spacial score (nSPS) is 15.6. The SMILES string of the molecule is CC(C)c1ccc(NC(=O)C2CCN(Cc3nc(-c4ccc(C(C)(C)C)cc4)no3)CC2)cc1. The number of carbonyl (C=O) groups is 1. The Labute approximate surface area is 202 Å². The summed E-state index contributed by atoms with van der Waals surface area (Å²) in [5.74, 6) is 1.85. The first kappa shape index (κ1) is 24.1. The van der Waals surface area contributed by atoms with Crippen LogP contribution in [0.3, 0.4) is 0 Å². The molecule has 2 aromatic carbocycles. The second-order valence-corrected chi connectivity index (χ2v) is 10.7. The van der Waals surface area contributed by atoms with E-state index in [1.165, 1.54) is 11.1 Å². The van der Waals surface area contributed by atoms with Crippen molar-refractivity contribution < 1.29 is 9.32 Å². The fraction of sp³-hybridized carbons (Fsp3) is 0.464. The van der Waals surface area contributed by atoms with Crippen molar-refractivity contribution in [1.29, 1.82) is 0 Å². The molecule has 6 nitrogen and oxygen atoms in total. The van der Waals surface area contributed by atoms with Gasteiger partial charge < -0.3 is 9.84 Å². The number of amides is 1. The summed E-state index contributed by atoms with van der Waals surface area (Å²) < 4.78 is 5.52. The molecule has 0 aliphatic carbocycles. The van der Waals surface area contributed by atoms with Crippen molar-refractivity contribution in [2.45, 2.75) is 65.3 Å². The van der Waals surface area contributed by atoms with Crippen LogP contribution in [0.2, 0.25) is 0 Å².